The van der Waals surface area contributed by atoms with Crippen LogP contribution in [-0.4, -0.2) is 29.6 Å². The van der Waals surface area contributed by atoms with Gasteiger partial charge in [-0.2, -0.15) is 9.78 Å². The number of halogens is 1. The van der Waals surface area contributed by atoms with Crippen molar-refractivity contribution in [1.82, 2.24) is 9.66 Å². The van der Waals surface area contributed by atoms with E-state index in [1.54, 1.807) is 19.4 Å². The number of rotatable bonds is 10. The van der Waals surface area contributed by atoms with Crippen LogP contribution in [0.2, 0.25) is 0 Å². The summed E-state index contributed by atoms with van der Waals surface area (Å²) in [5.41, 5.74) is 6.09. The number of hydrogen-bond acceptors (Lipinski definition) is 6. The Hall–Kier alpha value is -4.43. The zero-order valence-electron chi connectivity index (χ0n) is 25.8. The van der Waals surface area contributed by atoms with Crippen LogP contribution in [0.25, 0.3) is 22.3 Å². The number of methoxy groups -OCH3 is 1. The Balaban J connectivity index is 1.58. The van der Waals surface area contributed by atoms with Gasteiger partial charge in [-0.1, -0.05) is 55.8 Å². The van der Waals surface area contributed by atoms with Crippen LogP contribution >= 0.6 is 15.9 Å². The molecule has 0 amide bonds. The molecule has 226 valence electrons. The largest absolute Gasteiger partial charge is 0.494 e. The van der Waals surface area contributed by atoms with Gasteiger partial charge in [-0.05, 0) is 95.7 Å². The molecular formula is C36H36BrN3O4. The molecule has 5 rings (SSSR count). The van der Waals surface area contributed by atoms with Gasteiger partial charge < -0.3 is 14.2 Å². The van der Waals surface area contributed by atoms with Crippen LogP contribution in [0.15, 0.2) is 87.2 Å². The molecule has 1 aromatic heterocycles. The molecule has 4 aromatic carbocycles. The van der Waals surface area contributed by atoms with E-state index in [0.29, 0.717) is 47.0 Å². The van der Waals surface area contributed by atoms with Crippen LogP contribution in [0, 0.1) is 13.8 Å². The maximum absolute atomic E-state index is 13.9. The Bertz CT molecular complexity index is 1900. The second-order valence-corrected chi connectivity index (χ2v) is 11.8. The smallest absolute Gasteiger partial charge is 0.282 e. The van der Waals surface area contributed by atoms with Gasteiger partial charge in [-0.25, -0.2) is 4.98 Å². The summed E-state index contributed by atoms with van der Waals surface area (Å²) < 4.78 is 19.8. The Morgan fingerprint density at radius 2 is 1.70 bits per heavy atom. The van der Waals surface area contributed by atoms with E-state index < -0.39 is 0 Å². The van der Waals surface area contributed by atoms with Crippen molar-refractivity contribution in [2.24, 2.45) is 5.10 Å². The first-order valence-corrected chi connectivity index (χ1v) is 15.4. The van der Waals surface area contributed by atoms with Gasteiger partial charge >= 0.3 is 0 Å². The summed E-state index contributed by atoms with van der Waals surface area (Å²) in [6.45, 7) is 11.2. The second kappa shape index (κ2) is 13.5. The van der Waals surface area contributed by atoms with Gasteiger partial charge in [0.2, 0.25) is 0 Å². The first-order chi connectivity index (χ1) is 21.2. The number of aryl methyl sites for hydroxylation is 2. The highest BCUT2D eigenvalue weighted by molar-refractivity contribution is 9.10. The monoisotopic (exact) mass is 653 g/mol. The third kappa shape index (κ3) is 6.55. The fourth-order valence-corrected chi connectivity index (χ4v) is 5.39. The van der Waals surface area contributed by atoms with Gasteiger partial charge in [-0.15, -0.1) is 0 Å². The van der Waals surface area contributed by atoms with Gasteiger partial charge in [-0.3, -0.25) is 4.79 Å². The minimum Gasteiger partial charge on any atom is -0.494 e. The van der Waals surface area contributed by atoms with Crippen molar-refractivity contribution in [2.45, 2.75) is 47.1 Å². The summed E-state index contributed by atoms with van der Waals surface area (Å²) >= 11 is 3.66. The van der Waals surface area contributed by atoms with Gasteiger partial charge in [0, 0.05) is 15.6 Å². The molecule has 0 saturated carbocycles. The quantitative estimate of drug-likeness (QED) is 0.141. The number of ether oxygens (including phenoxy) is 3. The Morgan fingerprint density at radius 3 is 2.41 bits per heavy atom. The molecule has 0 aliphatic heterocycles. The Labute approximate surface area is 266 Å². The molecule has 0 aliphatic rings. The third-order valence-electron chi connectivity index (χ3n) is 7.38. The molecular weight excluding hydrogens is 618 g/mol. The van der Waals surface area contributed by atoms with Gasteiger partial charge in [0.15, 0.2) is 17.3 Å². The maximum Gasteiger partial charge on any atom is 0.282 e. The highest BCUT2D eigenvalue weighted by atomic mass is 79.9. The minimum atomic E-state index is -0.262. The molecule has 0 fully saturated rings. The van der Waals surface area contributed by atoms with Crippen molar-refractivity contribution in [1.29, 1.82) is 0 Å². The Morgan fingerprint density at radius 1 is 0.955 bits per heavy atom. The molecule has 0 spiro atoms. The number of nitrogens with zero attached hydrogens (tertiary/aromatic N) is 3. The van der Waals surface area contributed by atoms with Gasteiger partial charge in [0.05, 0.1) is 30.8 Å². The molecule has 0 unspecified atom stereocenters. The van der Waals surface area contributed by atoms with E-state index in [2.05, 4.69) is 54.9 Å². The van der Waals surface area contributed by atoms with Crippen molar-refractivity contribution in [3.05, 3.63) is 115 Å². The van der Waals surface area contributed by atoms with Crippen molar-refractivity contribution in [3.8, 4) is 28.6 Å². The van der Waals surface area contributed by atoms with Gasteiger partial charge in [0.1, 0.15) is 12.4 Å². The molecule has 8 heteroatoms. The van der Waals surface area contributed by atoms with Crippen molar-refractivity contribution >= 4 is 33.0 Å². The third-order valence-corrected chi connectivity index (χ3v) is 8.07. The normalized spacial score (nSPS) is 11.5. The summed E-state index contributed by atoms with van der Waals surface area (Å²) in [5.74, 6) is 2.63. The number of hydrogen-bond donors (Lipinski definition) is 0. The van der Waals surface area contributed by atoms with Crippen LogP contribution in [0.5, 0.6) is 17.2 Å². The molecule has 0 N–H and O–H groups in total. The summed E-state index contributed by atoms with van der Waals surface area (Å²) in [6.07, 6.45) is 1.63. The predicted molar refractivity (Wildman–Crippen MR) is 181 cm³/mol. The maximum atomic E-state index is 13.9. The summed E-state index contributed by atoms with van der Waals surface area (Å²) in [5, 5.41) is 5.19. The average molecular weight is 655 g/mol. The van der Waals surface area contributed by atoms with E-state index in [4.69, 9.17) is 24.3 Å². The number of aromatic nitrogens is 2. The molecule has 44 heavy (non-hydrogen) atoms. The number of benzene rings is 4. The topological polar surface area (TPSA) is 74.9 Å². The lowest BCUT2D eigenvalue weighted by atomic mass is 9.96. The molecule has 7 nitrogen and oxygen atoms in total. The summed E-state index contributed by atoms with van der Waals surface area (Å²) in [4.78, 5) is 18.8. The fraction of sp³-hybridized carbons (Fsp3) is 0.250. The SMILES string of the molecule is CCOc1cc(C)c(-c2nc3ccccc3c(=O)n2N=Cc2cc(OC)c(OCc3ccc(C)cc3)cc2Br)cc1C(C)C. The van der Waals surface area contributed by atoms with Crippen molar-refractivity contribution in [3.63, 3.8) is 0 Å². The lowest BCUT2D eigenvalue weighted by Gasteiger charge is -2.18. The van der Waals surface area contributed by atoms with Crippen LogP contribution in [0.4, 0.5) is 0 Å². The van der Waals surface area contributed by atoms with E-state index in [1.807, 2.05) is 62.4 Å². The zero-order chi connectivity index (χ0) is 31.4. The van der Waals surface area contributed by atoms with E-state index in [-0.39, 0.29) is 11.5 Å². The lowest BCUT2D eigenvalue weighted by molar-refractivity contribution is 0.284. The number of para-hydroxylation sites is 1. The molecule has 0 radical (unpaired) electrons. The molecule has 0 atom stereocenters. The molecule has 0 saturated heterocycles. The van der Waals surface area contributed by atoms with Gasteiger partial charge in [0.25, 0.3) is 5.56 Å². The fourth-order valence-electron chi connectivity index (χ4n) is 4.96. The first-order valence-electron chi connectivity index (χ1n) is 14.6. The summed E-state index contributed by atoms with van der Waals surface area (Å²) in [6, 6.07) is 23.3. The number of fused-ring (bicyclic) bond motifs is 1. The van der Waals surface area contributed by atoms with E-state index in [1.165, 1.54) is 10.2 Å². The highest BCUT2D eigenvalue weighted by Crippen LogP contribution is 2.35. The Kier molecular flexibility index (Phi) is 9.49. The van der Waals surface area contributed by atoms with E-state index in [0.717, 1.165) is 32.5 Å². The van der Waals surface area contributed by atoms with Crippen molar-refractivity contribution < 1.29 is 14.2 Å². The average Bonchev–Trinajstić information content (AvgIpc) is 3.01. The van der Waals surface area contributed by atoms with E-state index in [9.17, 15) is 4.79 Å². The zero-order valence-corrected chi connectivity index (χ0v) is 27.4. The second-order valence-electron chi connectivity index (χ2n) is 10.9. The van der Waals surface area contributed by atoms with Crippen LogP contribution < -0.4 is 19.8 Å². The molecule has 5 aromatic rings. The van der Waals surface area contributed by atoms with E-state index >= 15 is 0 Å². The predicted octanol–water partition coefficient (Wildman–Crippen LogP) is 8.43. The van der Waals surface area contributed by atoms with Crippen LogP contribution in [0.3, 0.4) is 0 Å². The first kappa shape index (κ1) is 31.0. The van der Waals surface area contributed by atoms with Crippen LogP contribution in [-0.2, 0) is 6.61 Å². The minimum absolute atomic E-state index is 0.204. The molecule has 0 aliphatic carbocycles. The standard InChI is InChI=1S/C36H36BrN3O4/c1-7-43-32-16-24(5)29(18-28(32)22(2)3)35-39-31-11-9-8-10-27(31)36(41)40(35)38-20-26-17-33(42-6)34(19-30(26)37)44-21-25-14-12-23(4)13-15-25/h8-20,22H,7,21H2,1-6H3. The van der Waals surface area contributed by atoms with Crippen molar-refractivity contribution in [2.75, 3.05) is 13.7 Å². The van der Waals surface area contributed by atoms with Crippen LogP contribution in [0.1, 0.15) is 54.5 Å². The summed E-state index contributed by atoms with van der Waals surface area (Å²) in [7, 11) is 1.60. The highest BCUT2D eigenvalue weighted by Gasteiger charge is 2.19. The molecule has 0 bridgehead atoms. The lowest BCUT2D eigenvalue weighted by Crippen LogP contribution is -2.21. The molecule has 1 heterocycles.